The zero-order valence-corrected chi connectivity index (χ0v) is 17.4. The van der Waals surface area contributed by atoms with E-state index >= 15 is 0 Å². The van der Waals surface area contributed by atoms with E-state index in [4.69, 9.17) is 9.79 Å². The van der Waals surface area contributed by atoms with E-state index in [2.05, 4.69) is 9.46 Å². The molecule has 0 saturated heterocycles. The molecule has 0 aromatic heterocycles. The number of hydrogen-bond acceptors (Lipinski definition) is 5. The molecular weight excluding hydrogens is 452 g/mol. The number of benzene rings is 2. The summed E-state index contributed by atoms with van der Waals surface area (Å²) in [6, 6.07) is 10.9. The fourth-order valence-corrected chi connectivity index (χ4v) is 3.95. The van der Waals surface area contributed by atoms with E-state index in [1.165, 1.54) is 24.3 Å². The Hall–Kier alpha value is -1.58. The first kappa shape index (κ1) is 24.7. The number of hydrogen-bond donors (Lipinski definition) is 2. The van der Waals surface area contributed by atoms with Crippen LogP contribution in [0.1, 0.15) is 22.3 Å². The van der Waals surface area contributed by atoms with Crippen LogP contribution in [-0.4, -0.2) is 21.7 Å². The molecule has 0 aliphatic heterocycles. The molecule has 0 saturated carbocycles. The summed E-state index contributed by atoms with van der Waals surface area (Å²) in [4.78, 5) is 19.4. The number of nitrogens with zero attached hydrogens (tertiary/aromatic N) is 1. The van der Waals surface area contributed by atoms with Crippen molar-refractivity contribution in [3.05, 3.63) is 70.8 Å². The Morgan fingerprint density at radius 3 is 1.67 bits per heavy atom. The predicted molar refractivity (Wildman–Crippen MR) is 99.7 cm³/mol. The molecule has 2 N–H and O–H groups in total. The maximum absolute atomic E-state index is 13.7. The number of rotatable bonds is 10. The molecular formula is C17H19F4NO6P2. The van der Waals surface area contributed by atoms with Crippen LogP contribution in [0.25, 0.3) is 0 Å². The minimum Gasteiger partial charge on any atom is -0.320 e. The molecule has 0 amide bonds. The molecule has 13 heteroatoms. The molecule has 0 fully saturated rings. The Bertz CT molecular complexity index is 928. The standard InChI is InChI=1S/C17H19F4NO6P2/c1-22(10-13-2-4-15(5-3-13)12-29(23,27-20)28-21)11-14-6-8-16(9-7-14)17(18,19)30(24,25)26/h2-9H,10-12H2,1H3,(H2,24,25,26). The summed E-state index contributed by atoms with van der Waals surface area (Å²) < 4.78 is 80.1. The zero-order valence-electron chi connectivity index (χ0n) is 15.6. The van der Waals surface area contributed by atoms with Crippen LogP contribution in [0.5, 0.6) is 0 Å². The molecule has 2 rings (SSSR count). The van der Waals surface area contributed by atoms with E-state index < -0.39 is 32.6 Å². The first-order valence-corrected chi connectivity index (χ1v) is 11.7. The van der Waals surface area contributed by atoms with Crippen LogP contribution >= 0.6 is 15.2 Å². The van der Waals surface area contributed by atoms with Crippen LogP contribution in [-0.2, 0) is 43.5 Å². The molecule has 0 atom stereocenters. The molecule has 7 nitrogen and oxygen atoms in total. The zero-order chi connectivity index (χ0) is 22.6. The minimum absolute atomic E-state index is 0.335. The Balaban J connectivity index is 1.98. The van der Waals surface area contributed by atoms with Gasteiger partial charge in [0.15, 0.2) is 0 Å². The van der Waals surface area contributed by atoms with Crippen molar-refractivity contribution >= 4 is 15.2 Å². The van der Waals surface area contributed by atoms with Gasteiger partial charge in [-0.25, -0.2) is 0 Å². The van der Waals surface area contributed by atoms with Crippen LogP contribution in [0.15, 0.2) is 48.5 Å². The lowest BCUT2D eigenvalue weighted by molar-refractivity contribution is -0.0881. The monoisotopic (exact) mass is 471 g/mol. The van der Waals surface area contributed by atoms with Crippen LogP contribution in [0.4, 0.5) is 17.8 Å². The number of alkyl halides is 2. The van der Waals surface area contributed by atoms with Crippen LogP contribution in [0.3, 0.4) is 0 Å². The van der Waals surface area contributed by atoms with Gasteiger partial charge < -0.3 is 9.79 Å². The topological polar surface area (TPSA) is 96.3 Å². The lowest BCUT2D eigenvalue weighted by atomic mass is 10.1. The van der Waals surface area contributed by atoms with Gasteiger partial charge in [0.25, 0.3) is 0 Å². The molecule has 0 spiro atoms. The summed E-state index contributed by atoms with van der Waals surface area (Å²) in [5.41, 5.74) is -3.25. The van der Waals surface area contributed by atoms with Gasteiger partial charge in [-0.1, -0.05) is 48.5 Å². The molecule has 0 radical (unpaired) electrons. The summed E-state index contributed by atoms with van der Waals surface area (Å²) in [6.45, 7) is 0.779. The van der Waals surface area contributed by atoms with E-state index in [1.807, 2.05) is 4.90 Å². The van der Waals surface area contributed by atoms with Gasteiger partial charge in [-0.3, -0.25) is 14.0 Å². The average molecular weight is 471 g/mol. The third-order valence-corrected chi connectivity index (χ3v) is 6.34. The van der Waals surface area contributed by atoms with Crippen molar-refractivity contribution in [2.24, 2.45) is 0 Å². The highest BCUT2D eigenvalue weighted by Crippen LogP contribution is 2.59. The molecule has 166 valence electrons. The largest absolute Gasteiger partial charge is 0.399 e. The molecule has 0 unspecified atom stereocenters. The second-order valence-corrected chi connectivity index (χ2v) is 10.1. The van der Waals surface area contributed by atoms with Crippen molar-refractivity contribution in [2.75, 3.05) is 7.05 Å². The number of halogens is 4. The lowest BCUT2D eigenvalue weighted by Gasteiger charge is -2.20. The van der Waals surface area contributed by atoms with Crippen molar-refractivity contribution in [1.82, 2.24) is 4.90 Å². The predicted octanol–water partition coefficient (Wildman–Crippen LogP) is 5.04. The Morgan fingerprint density at radius 1 is 0.867 bits per heavy atom. The maximum Gasteiger partial charge on any atom is 0.399 e. The summed E-state index contributed by atoms with van der Waals surface area (Å²) in [5.74, 6) is 0. The molecule has 0 aliphatic rings. The minimum atomic E-state index is -5.62. The van der Waals surface area contributed by atoms with Crippen molar-refractivity contribution in [1.29, 1.82) is 0 Å². The second-order valence-electron chi connectivity index (χ2n) is 6.68. The second kappa shape index (κ2) is 9.70. The highest BCUT2D eigenvalue weighted by Gasteiger charge is 2.50. The Labute approximate surface area is 169 Å². The maximum atomic E-state index is 13.7. The molecule has 2 aromatic rings. The first-order valence-electron chi connectivity index (χ1n) is 8.39. The normalized spacial score (nSPS) is 13.1. The van der Waals surface area contributed by atoms with Crippen molar-refractivity contribution in [3.8, 4) is 0 Å². The third kappa shape index (κ3) is 6.21. The summed E-state index contributed by atoms with van der Waals surface area (Å²) >= 11 is 0. The smallest absolute Gasteiger partial charge is 0.320 e. The highest BCUT2D eigenvalue weighted by molar-refractivity contribution is 7.52. The van der Waals surface area contributed by atoms with Gasteiger partial charge in [0, 0.05) is 18.7 Å². The molecule has 2 aromatic carbocycles. The van der Waals surface area contributed by atoms with Gasteiger partial charge in [0.1, 0.15) is 0 Å². The van der Waals surface area contributed by atoms with Gasteiger partial charge in [-0.15, -0.1) is 9.46 Å². The third-order valence-electron chi connectivity index (χ3n) is 4.18. The quantitative estimate of drug-likeness (QED) is 0.370. The fraction of sp³-hybridized carbons (Fsp3) is 0.294. The van der Waals surface area contributed by atoms with Crippen LogP contribution < -0.4 is 0 Å². The highest BCUT2D eigenvalue weighted by atomic mass is 31.2. The average Bonchev–Trinajstić information content (AvgIpc) is 2.69. The van der Waals surface area contributed by atoms with Crippen molar-refractivity contribution < 1.29 is 46.2 Å². The van der Waals surface area contributed by atoms with Gasteiger partial charge in [0.2, 0.25) is 0 Å². The Kier molecular flexibility index (Phi) is 7.98. The van der Waals surface area contributed by atoms with Crippen LogP contribution in [0, 0.1) is 0 Å². The van der Waals surface area contributed by atoms with Crippen LogP contribution in [0.2, 0.25) is 0 Å². The lowest BCUT2D eigenvalue weighted by Crippen LogP contribution is -2.18. The van der Waals surface area contributed by atoms with Gasteiger partial charge in [-0.05, 0) is 32.8 Å². The Morgan fingerprint density at radius 2 is 1.27 bits per heavy atom. The molecule has 30 heavy (non-hydrogen) atoms. The van der Waals surface area contributed by atoms with E-state index in [1.54, 1.807) is 19.2 Å². The van der Waals surface area contributed by atoms with E-state index in [0.717, 1.165) is 17.7 Å². The van der Waals surface area contributed by atoms with E-state index in [9.17, 15) is 27.0 Å². The SMILES string of the molecule is CN(Cc1ccc(CP(=O)(OF)OF)cc1)Cc1ccc(C(F)(F)P(=O)(O)O)cc1. The summed E-state index contributed by atoms with van der Waals surface area (Å²) in [7, 11) is -8.33. The van der Waals surface area contributed by atoms with Crippen molar-refractivity contribution in [3.63, 3.8) is 0 Å². The summed E-state index contributed by atoms with van der Waals surface area (Å²) in [5, 5.41) is 0. The van der Waals surface area contributed by atoms with E-state index in [0.29, 0.717) is 24.2 Å². The van der Waals surface area contributed by atoms with Gasteiger partial charge in [-0.2, -0.15) is 8.78 Å². The first-order chi connectivity index (χ1) is 13.9. The summed E-state index contributed by atoms with van der Waals surface area (Å²) in [6.07, 6.45) is -0.582. The molecule has 0 bridgehead atoms. The molecule has 0 aliphatic carbocycles. The van der Waals surface area contributed by atoms with Crippen molar-refractivity contribution in [2.45, 2.75) is 24.9 Å². The van der Waals surface area contributed by atoms with Gasteiger partial charge >= 0.3 is 20.9 Å². The molecule has 0 heterocycles. The van der Waals surface area contributed by atoms with Gasteiger partial charge in [0.05, 0.1) is 6.16 Å². The van der Waals surface area contributed by atoms with E-state index in [-0.39, 0.29) is 0 Å². The fourth-order valence-electron chi connectivity index (χ4n) is 2.69.